The van der Waals surface area contributed by atoms with Crippen molar-refractivity contribution in [2.75, 3.05) is 4.90 Å². The van der Waals surface area contributed by atoms with Crippen molar-refractivity contribution in [3.05, 3.63) is 94.9 Å². The lowest BCUT2D eigenvalue weighted by Gasteiger charge is -2.29. The molecule has 0 unspecified atom stereocenters. The fourth-order valence-electron chi connectivity index (χ4n) is 4.37. The molecule has 0 spiro atoms. The number of furan rings is 1. The zero-order chi connectivity index (χ0) is 21.2. The number of benzene rings is 1. The van der Waals surface area contributed by atoms with E-state index in [4.69, 9.17) is 4.42 Å². The summed E-state index contributed by atoms with van der Waals surface area (Å²) in [6.45, 7) is 0.284. The van der Waals surface area contributed by atoms with Gasteiger partial charge < -0.3 is 13.9 Å². The number of rotatable bonds is 5. The van der Waals surface area contributed by atoms with Gasteiger partial charge in [-0.25, -0.2) is 0 Å². The van der Waals surface area contributed by atoms with Crippen LogP contribution in [0.4, 0.5) is 5.69 Å². The molecular formula is C25H23N3O3. The van der Waals surface area contributed by atoms with Crippen molar-refractivity contribution >= 4 is 22.5 Å². The number of aromatic nitrogens is 2. The second kappa shape index (κ2) is 8.22. The van der Waals surface area contributed by atoms with Crippen LogP contribution >= 0.6 is 0 Å². The van der Waals surface area contributed by atoms with Crippen LogP contribution < -0.4 is 10.5 Å². The third kappa shape index (κ3) is 3.77. The van der Waals surface area contributed by atoms with Crippen LogP contribution in [0.1, 0.15) is 42.0 Å². The Hall–Kier alpha value is -3.67. The number of para-hydroxylation sites is 1. The van der Waals surface area contributed by atoms with E-state index in [9.17, 15) is 9.59 Å². The Morgan fingerprint density at radius 2 is 1.87 bits per heavy atom. The van der Waals surface area contributed by atoms with Crippen LogP contribution in [-0.2, 0) is 6.54 Å². The minimum atomic E-state index is -0.170. The summed E-state index contributed by atoms with van der Waals surface area (Å²) in [6, 6.07) is 18.4. The third-order valence-electron chi connectivity index (χ3n) is 5.88. The molecule has 5 rings (SSSR count). The van der Waals surface area contributed by atoms with Gasteiger partial charge in [-0.1, -0.05) is 37.1 Å². The summed E-state index contributed by atoms with van der Waals surface area (Å²) in [5.41, 5.74) is 1.52. The van der Waals surface area contributed by atoms with Crippen molar-refractivity contribution in [2.24, 2.45) is 0 Å². The Kier molecular flexibility index (Phi) is 5.12. The summed E-state index contributed by atoms with van der Waals surface area (Å²) in [6.07, 6.45) is 7.59. The van der Waals surface area contributed by atoms with Gasteiger partial charge in [-0.2, -0.15) is 0 Å². The van der Waals surface area contributed by atoms with E-state index >= 15 is 0 Å². The normalized spacial score (nSPS) is 14.2. The van der Waals surface area contributed by atoms with Gasteiger partial charge in [0, 0.05) is 29.9 Å². The van der Waals surface area contributed by atoms with Gasteiger partial charge in [-0.3, -0.25) is 14.6 Å². The van der Waals surface area contributed by atoms with Gasteiger partial charge in [-0.05, 0) is 43.2 Å². The van der Waals surface area contributed by atoms with E-state index in [0.29, 0.717) is 5.76 Å². The molecular weight excluding hydrogens is 390 g/mol. The van der Waals surface area contributed by atoms with E-state index in [1.165, 1.54) is 6.07 Å². The zero-order valence-corrected chi connectivity index (χ0v) is 17.1. The fourth-order valence-corrected chi connectivity index (χ4v) is 4.37. The van der Waals surface area contributed by atoms with Crippen LogP contribution in [0, 0.1) is 0 Å². The minimum Gasteiger partial charge on any atom is -0.454 e. The predicted octanol–water partition coefficient (Wildman–Crippen LogP) is 4.63. The lowest BCUT2D eigenvalue weighted by Crippen LogP contribution is -2.39. The van der Waals surface area contributed by atoms with Gasteiger partial charge in [0.05, 0.1) is 17.7 Å². The summed E-state index contributed by atoms with van der Waals surface area (Å²) in [4.78, 5) is 32.1. The molecule has 6 nitrogen and oxygen atoms in total. The van der Waals surface area contributed by atoms with Crippen LogP contribution in [0.25, 0.3) is 10.9 Å². The van der Waals surface area contributed by atoms with Gasteiger partial charge in [0.1, 0.15) is 5.76 Å². The molecule has 31 heavy (non-hydrogen) atoms. The molecule has 4 aromatic rings. The topological polar surface area (TPSA) is 68.3 Å². The smallest absolute Gasteiger partial charge is 0.294 e. The van der Waals surface area contributed by atoms with Crippen LogP contribution in [0.15, 0.2) is 82.3 Å². The Morgan fingerprint density at radius 3 is 2.71 bits per heavy atom. The Bertz CT molecular complexity index is 1280. The molecule has 0 bridgehead atoms. The van der Waals surface area contributed by atoms with Gasteiger partial charge in [0.15, 0.2) is 5.76 Å². The van der Waals surface area contributed by atoms with E-state index in [2.05, 4.69) is 4.98 Å². The number of amides is 1. The molecule has 156 valence electrons. The molecule has 1 aromatic carbocycles. The summed E-state index contributed by atoms with van der Waals surface area (Å²) in [5, 5.41) is 0.999. The Labute approximate surface area is 179 Å². The number of anilines is 1. The first-order valence-corrected chi connectivity index (χ1v) is 10.6. The molecule has 1 saturated carbocycles. The number of carbonyl (C=O) groups is 1. The maximum atomic E-state index is 13.6. The third-order valence-corrected chi connectivity index (χ3v) is 5.88. The second-order valence-electron chi connectivity index (χ2n) is 7.90. The standard InChI is InChI=1S/C25H23N3O3/c29-23-12-3-4-16-27(23)17-20-13-14-22(31-20)25(30)28(19-9-1-2-10-19)21-11-5-7-18-8-6-15-26-24(18)21/h3-8,11-16,19H,1-2,9-10,17H2. The highest BCUT2D eigenvalue weighted by molar-refractivity contribution is 6.09. The molecule has 6 heteroatoms. The van der Waals surface area contributed by atoms with E-state index in [0.717, 1.165) is 42.3 Å². The Morgan fingerprint density at radius 1 is 1.03 bits per heavy atom. The van der Waals surface area contributed by atoms with Crippen molar-refractivity contribution in [3.63, 3.8) is 0 Å². The first kappa shape index (κ1) is 19.3. The van der Waals surface area contributed by atoms with E-state index < -0.39 is 0 Å². The van der Waals surface area contributed by atoms with Crippen LogP contribution in [0.5, 0.6) is 0 Å². The number of nitrogens with zero attached hydrogens (tertiary/aromatic N) is 3. The predicted molar refractivity (Wildman–Crippen MR) is 119 cm³/mol. The molecule has 3 heterocycles. The summed E-state index contributed by atoms with van der Waals surface area (Å²) >= 11 is 0. The number of pyridine rings is 2. The molecule has 1 aliphatic rings. The highest BCUT2D eigenvalue weighted by Gasteiger charge is 2.31. The van der Waals surface area contributed by atoms with Crippen molar-refractivity contribution in [1.82, 2.24) is 9.55 Å². The lowest BCUT2D eigenvalue weighted by molar-refractivity contribution is 0.0948. The number of fused-ring (bicyclic) bond motifs is 1. The molecule has 1 amide bonds. The van der Waals surface area contributed by atoms with Crippen molar-refractivity contribution in [3.8, 4) is 0 Å². The molecule has 3 aromatic heterocycles. The number of hydrogen-bond donors (Lipinski definition) is 0. The van der Waals surface area contributed by atoms with Crippen LogP contribution in [0.2, 0.25) is 0 Å². The Balaban J connectivity index is 1.50. The molecule has 0 aliphatic heterocycles. The van der Waals surface area contributed by atoms with Gasteiger partial charge in [0.25, 0.3) is 11.5 Å². The van der Waals surface area contributed by atoms with Crippen LogP contribution in [0.3, 0.4) is 0 Å². The minimum absolute atomic E-state index is 0.110. The number of carbonyl (C=O) groups excluding carboxylic acids is 1. The summed E-state index contributed by atoms with van der Waals surface area (Å²) in [5.74, 6) is 0.676. The van der Waals surface area contributed by atoms with Crippen LogP contribution in [-0.4, -0.2) is 21.5 Å². The van der Waals surface area contributed by atoms with Crippen molar-refractivity contribution in [1.29, 1.82) is 0 Å². The highest BCUT2D eigenvalue weighted by atomic mass is 16.4. The second-order valence-corrected chi connectivity index (χ2v) is 7.90. The van der Waals surface area contributed by atoms with Crippen molar-refractivity contribution in [2.45, 2.75) is 38.3 Å². The SMILES string of the molecule is O=C(c1ccc(Cn2ccccc2=O)o1)N(c1cccc2cccnc12)C1CCCC1. The first-order chi connectivity index (χ1) is 15.2. The van der Waals surface area contributed by atoms with Gasteiger partial charge in [0.2, 0.25) is 0 Å². The quantitative estimate of drug-likeness (QED) is 0.478. The monoisotopic (exact) mass is 413 g/mol. The highest BCUT2D eigenvalue weighted by Crippen LogP contribution is 2.33. The maximum absolute atomic E-state index is 13.6. The summed E-state index contributed by atoms with van der Waals surface area (Å²) < 4.78 is 7.46. The average Bonchev–Trinajstić information content (AvgIpc) is 3.48. The largest absolute Gasteiger partial charge is 0.454 e. The van der Waals surface area contributed by atoms with Gasteiger partial charge in [-0.15, -0.1) is 0 Å². The van der Waals surface area contributed by atoms with Crippen molar-refractivity contribution < 1.29 is 9.21 Å². The lowest BCUT2D eigenvalue weighted by atomic mass is 10.1. The number of hydrogen-bond acceptors (Lipinski definition) is 4. The first-order valence-electron chi connectivity index (χ1n) is 10.6. The molecule has 1 fully saturated rings. The van der Waals surface area contributed by atoms with E-state index in [1.807, 2.05) is 35.2 Å². The van der Waals surface area contributed by atoms with Gasteiger partial charge >= 0.3 is 0 Å². The maximum Gasteiger partial charge on any atom is 0.294 e. The molecule has 0 radical (unpaired) electrons. The van der Waals surface area contributed by atoms with E-state index in [-0.39, 0.29) is 29.8 Å². The fraction of sp³-hybridized carbons (Fsp3) is 0.240. The molecule has 0 N–H and O–H groups in total. The summed E-state index contributed by atoms with van der Waals surface area (Å²) in [7, 11) is 0. The zero-order valence-electron chi connectivity index (χ0n) is 17.1. The average molecular weight is 413 g/mol. The molecule has 1 aliphatic carbocycles. The van der Waals surface area contributed by atoms with E-state index in [1.54, 1.807) is 41.2 Å². The molecule has 0 atom stereocenters. The molecule has 0 saturated heterocycles.